The van der Waals surface area contributed by atoms with Crippen LogP contribution in [-0.2, 0) is 0 Å². The monoisotopic (exact) mass is 236 g/mol. The predicted octanol–water partition coefficient (Wildman–Crippen LogP) is 1.74. The van der Waals surface area contributed by atoms with E-state index in [1.807, 2.05) is 0 Å². The smallest absolute Gasteiger partial charge is 0.251 e. The highest BCUT2D eigenvalue weighted by molar-refractivity contribution is 5.95. The second-order valence-corrected chi connectivity index (χ2v) is 4.63. The minimum absolute atomic E-state index is 0.0414. The van der Waals surface area contributed by atoms with Gasteiger partial charge in [0.25, 0.3) is 5.91 Å². The van der Waals surface area contributed by atoms with E-state index in [0.29, 0.717) is 11.1 Å². The van der Waals surface area contributed by atoms with Crippen LogP contribution in [0, 0.1) is 12.7 Å². The first-order valence-corrected chi connectivity index (χ1v) is 5.90. The lowest BCUT2D eigenvalue weighted by Crippen LogP contribution is -2.44. The molecule has 1 aromatic carbocycles. The fraction of sp³-hybridized carbons (Fsp3) is 0.462. The number of rotatable bonds is 2. The molecule has 1 saturated carbocycles. The van der Waals surface area contributed by atoms with Crippen molar-refractivity contribution in [2.75, 3.05) is 0 Å². The number of benzene rings is 1. The summed E-state index contributed by atoms with van der Waals surface area (Å²) in [5.74, 6) is -0.485. The summed E-state index contributed by atoms with van der Waals surface area (Å²) >= 11 is 0. The predicted molar refractivity (Wildman–Crippen MR) is 64.2 cm³/mol. The lowest BCUT2D eigenvalue weighted by atomic mass is 10.1. The van der Waals surface area contributed by atoms with E-state index >= 15 is 0 Å². The van der Waals surface area contributed by atoms with Crippen LogP contribution < -0.4 is 11.1 Å². The fourth-order valence-electron chi connectivity index (χ4n) is 2.30. The average Bonchev–Trinajstić information content (AvgIpc) is 2.64. The molecule has 2 unspecified atom stereocenters. The zero-order valence-corrected chi connectivity index (χ0v) is 9.87. The maximum Gasteiger partial charge on any atom is 0.251 e. The fourth-order valence-corrected chi connectivity index (χ4v) is 2.30. The van der Waals surface area contributed by atoms with Gasteiger partial charge in [-0.1, -0.05) is 0 Å². The number of amides is 1. The largest absolute Gasteiger partial charge is 0.348 e. The molecule has 1 aliphatic carbocycles. The van der Waals surface area contributed by atoms with Crippen LogP contribution in [0.3, 0.4) is 0 Å². The summed E-state index contributed by atoms with van der Waals surface area (Å²) in [4.78, 5) is 12.0. The molecule has 0 saturated heterocycles. The van der Waals surface area contributed by atoms with Crippen molar-refractivity contribution in [2.24, 2.45) is 5.73 Å². The lowest BCUT2D eigenvalue weighted by Gasteiger charge is -2.17. The molecular formula is C13H17FN2O. The van der Waals surface area contributed by atoms with Crippen molar-refractivity contribution in [2.45, 2.75) is 38.3 Å². The number of nitrogens with two attached hydrogens (primary N) is 1. The summed E-state index contributed by atoms with van der Waals surface area (Å²) in [7, 11) is 0. The van der Waals surface area contributed by atoms with Gasteiger partial charge >= 0.3 is 0 Å². The molecule has 17 heavy (non-hydrogen) atoms. The van der Waals surface area contributed by atoms with Crippen molar-refractivity contribution >= 4 is 5.91 Å². The molecule has 0 spiro atoms. The third kappa shape index (κ3) is 2.64. The minimum atomic E-state index is -0.323. The first kappa shape index (κ1) is 12.0. The number of hydrogen-bond acceptors (Lipinski definition) is 2. The number of halogens is 1. The number of carbonyl (C=O) groups excluding carboxylic acids is 1. The van der Waals surface area contributed by atoms with Gasteiger partial charge in [-0.2, -0.15) is 0 Å². The molecule has 1 fully saturated rings. The van der Waals surface area contributed by atoms with E-state index in [4.69, 9.17) is 5.73 Å². The molecule has 2 rings (SSSR count). The van der Waals surface area contributed by atoms with Gasteiger partial charge < -0.3 is 11.1 Å². The quantitative estimate of drug-likeness (QED) is 0.821. The summed E-state index contributed by atoms with van der Waals surface area (Å²) in [6.07, 6.45) is 2.93. The summed E-state index contributed by atoms with van der Waals surface area (Å²) < 4.78 is 12.9. The zero-order chi connectivity index (χ0) is 12.4. The molecular weight excluding hydrogens is 219 g/mol. The molecule has 0 aromatic heterocycles. The van der Waals surface area contributed by atoms with Crippen LogP contribution in [0.25, 0.3) is 0 Å². The van der Waals surface area contributed by atoms with E-state index in [0.717, 1.165) is 19.3 Å². The number of aryl methyl sites for hydroxylation is 1. The molecule has 1 amide bonds. The average molecular weight is 236 g/mol. The van der Waals surface area contributed by atoms with Crippen molar-refractivity contribution in [1.29, 1.82) is 0 Å². The molecule has 3 nitrogen and oxygen atoms in total. The van der Waals surface area contributed by atoms with E-state index in [9.17, 15) is 9.18 Å². The standard InChI is InChI=1S/C13H17FN2O/c1-8-7-9(14)5-6-10(8)13(17)16-12-4-2-3-11(12)15/h5-7,11-12H,2-4,15H2,1H3,(H,16,17). The minimum Gasteiger partial charge on any atom is -0.348 e. The Hall–Kier alpha value is -1.42. The van der Waals surface area contributed by atoms with Crippen LogP contribution in [0.15, 0.2) is 18.2 Å². The van der Waals surface area contributed by atoms with E-state index in [1.54, 1.807) is 6.92 Å². The zero-order valence-electron chi connectivity index (χ0n) is 9.87. The van der Waals surface area contributed by atoms with Crippen LogP contribution in [0.1, 0.15) is 35.2 Å². The van der Waals surface area contributed by atoms with Crippen molar-refractivity contribution < 1.29 is 9.18 Å². The molecule has 1 aromatic rings. The Kier molecular flexibility index (Phi) is 3.43. The van der Waals surface area contributed by atoms with E-state index < -0.39 is 0 Å². The molecule has 0 bridgehead atoms. The van der Waals surface area contributed by atoms with Gasteiger partial charge in [0.1, 0.15) is 5.82 Å². The van der Waals surface area contributed by atoms with Crippen molar-refractivity contribution in [3.05, 3.63) is 35.1 Å². The van der Waals surface area contributed by atoms with E-state index in [-0.39, 0.29) is 23.8 Å². The highest BCUT2D eigenvalue weighted by Gasteiger charge is 2.25. The van der Waals surface area contributed by atoms with Crippen LogP contribution in [0.5, 0.6) is 0 Å². The van der Waals surface area contributed by atoms with E-state index in [1.165, 1.54) is 18.2 Å². The Balaban J connectivity index is 2.09. The SMILES string of the molecule is Cc1cc(F)ccc1C(=O)NC1CCCC1N. The number of hydrogen-bond donors (Lipinski definition) is 2. The Morgan fingerprint density at radius 1 is 1.47 bits per heavy atom. The topological polar surface area (TPSA) is 55.1 Å². The van der Waals surface area contributed by atoms with Gasteiger partial charge in [0.2, 0.25) is 0 Å². The van der Waals surface area contributed by atoms with Crippen LogP contribution >= 0.6 is 0 Å². The van der Waals surface area contributed by atoms with E-state index in [2.05, 4.69) is 5.32 Å². The molecule has 0 radical (unpaired) electrons. The van der Waals surface area contributed by atoms with Crippen LogP contribution in [0.4, 0.5) is 4.39 Å². The molecule has 3 N–H and O–H groups in total. The van der Waals surface area contributed by atoms with Gasteiger partial charge in [0.15, 0.2) is 0 Å². The summed E-state index contributed by atoms with van der Waals surface area (Å²) in [5, 5.41) is 2.92. The first-order valence-electron chi connectivity index (χ1n) is 5.90. The summed E-state index contributed by atoms with van der Waals surface area (Å²) in [6, 6.07) is 4.27. The number of carbonyl (C=O) groups is 1. The van der Waals surface area contributed by atoms with Crippen LogP contribution in [-0.4, -0.2) is 18.0 Å². The Morgan fingerprint density at radius 3 is 2.82 bits per heavy atom. The Bertz CT molecular complexity index is 433. The van der Waals surface area contributed by atoms with Crippen molar-refractivity contribution in [1.82, 2.24) is 5.32 Å². The molecule has 0 aliphatic heterocycles. The van der Waals surface area contributed by atoms with Gasteiger partial charge in [-0.05, 0) is 49.9 Å². The second-order valence-electron chi connectivity index (χ2n) is 4.63. The van der Waals surface area contributed by atoms with Gasteiger partial charge in [-0.3, -0.25) is 4.79 Å². The first-order chi connectivity index (χ1) is 8.08. The van der Waals surface area contributed by atoms with Gasteiger partial charge in [0, 0.05) is 17.6 Å². The van der Waals surface area contributed by atoms with Crippen molar-refractivity contribution in [3.8, 4) is 0 Å². The summed E-state index contributed by atoms with van der Waals surface area (Å²) in [5.41, 5.74) is 7.06. The maximum atomic E-state index is 12.9. The molecule has 92 valence electrons. The van der Waals surface area contributed by atoms with Gasteiger partial charge in [-0.25, -0.2) is 4.39 Å². The normalized spacial score (nSPS) is 23.7. The second kappa shape index (κ2) is 4.84. The highest BCUT2D eigenvalue weighted by Crippen LogP contribution is 2.18. The third-order valence-electron chi connectivity index (χ3n) is 3.32. The third-order valence-corrected chi connectivity index (χ3v) is 3.32. The Labute approximate surface area is 100 Å². The number of nitrogens with one attached hydrogen (secondary N) is 1. The molecule has 0 heterocycles. The lowest BCUT2D eigenvalue weighted by molar-refractivity contribution is 0.0934. The van der Waals surface area contributed by atoms with Crippen molar-refractivity contribution in [3.63, 3.8) is 0 Å². The molecule has 1 aliphatic rings. The molecule has 2 atom stereocenters. The summed E-state index contributed by atoms with van der Waals surface area (Å²) in [6.45, 7) is 1.73. The maximum absolute atomic E-state index is 12.9. The highest BCUT2D eigenvalue weighted by atomic mass is 19.1. The van der Waals surface area contributed by atoms with Gasteiger partial charge in [0.05, 0.1) is 0 Å². The molecule has 4 heteroatoms. The van der Waals surface area contributed by atoms with Gasteiger partial charge in [-0.15, -0.1) is 0 Å². The Morgan fingerprint density at radius 2 is 2.24 bits per heavy atom. The van der Waals surface area contributed by atoms with Crippen LogP contribution in [0.2, 0.25) is 0 Å².